The van der Waals surface area contributed by atoms with Crippen molar-refractivity contribution in [3.05, 3.63) is 60.3 Å². The molecule has 24 heavy (non-hydrogen) atoms. The van der Waals surface area contributed by atoms with Gasteiger partial charge in [-0.25, -0.2) is 13.4 Å². The Morgan fingerprint density at radius 2 is 1.79 bits per heavy atom. The van der Waals surface area contributed by atoms with E-state index in [0.29, 0.717) is 5.56 Å². The molecule has 130 valence electrons. The van der Waals surface area contributed by atoms with Crippen LogP contribution in [0, 0.1) is 0 Å². The maximum absolute atomic E-state index is 12.4. The Morgan fingerprint density at radius 3 is 2.33 bits per heavy atom. The van der Waals surface area contributed by atoms with Crippen LogP contribution in [0.5, 0.6) is 0 Å². The zero-order valence-corrected chi connectivity index (χ0v) is 14.7. The van der Waals surface area contributed by atoms with Gasteiger partial charge in [-0.05, 0) is 17.7 Å². The van der Waals surface area contributed by atoms with Crippen molar-refractivity contribution in [1.82, 2.24) is 4.98 Å². The van der Waals surface area contributed by atoms with E-state index in [0.717, 1.165) is 0 Å². The predicted octanol–water partition coefficient (Wildman–Crippen LogP) is 1.56. The monoisotopic (exact) mass is 370 g/mol. The van der Waals surface area contributed by atoms with E-state index in [2.05, 4.69) is 4.98 Å². The summed E-state index contributed by atoms with van der Waals surface area (Å²) in [5.41, 5.74) is 6.66. The van der Waals surface area contributed by atoms with Crippen LogP contribution in [0.15, 0.2) is 59.8 Å². The van der Waals surface area contributed by atoms with Crippen LogP contribution >= 0.6 is 12.4 Å². The molecule has 0 fully saturated rings. The van der Waals surface area contributed by atoms with Gasteiger partial charge >= 0.3 is 5.97 Å². The van der Waals surface area contributed by atoms with Gasteiger partial charge in [0.1, 0.15) is 0 Å². The summed E-state index contributed by atoms with van der Waals surface area (Å²) < 4.78 is 29.6. The minimum atomic E-state index is -3.70. The van der Waals surface area contributed by atoms with Gasteiger partial charge in [-0.15, -0.1) is 12.4 Å². The SMILES string of the molecule is COC(=O)C(c1ccccc1)C(N)CS(=O)(=O)c1ccccn1.Cl. The molecule has 1 heterocycles. The van der Waals surface area contributed by atoms with E-state index >= 15 is 0 Å². The normalized spacial score (nSPS) is 13.4. The fourth-order valence-corrected chi connectivity index (χ4v) is 3.69. The van der Waals surface area contributed by atoms with Gasteiger partial charge < -0.3 is 10.5 Å². The van der Waals surface area contributed by atoms with Gasteiger partial charge in [0.05, 0.1) is 18.8 Å². The van der Waals surface area contributed by atoms with E-state index < -0.39 is 33.5 Å². The van der Waals surface area contributed by atoms with Crippen LogP contribution in [0.25, 0.3) is 0 Å². The van der Waals surface area contributed by atoms with Crippen LogP contribution in [-0.4, -0.2) is 38.3 Å². The molecule has 0 saturated heterocycles. The lowest BCUT2D eigenvalue weighted by molar-refractivity contribution is -0.142. The molecule has 0 aliphatic heterocycles. The Labute approximate surface area is 147 Å². The van der Waals surface area contributed by atoms with Crippen LogP contribution in [0.4, 0.5) is 0 Å². The number of nitrogens with two attached hydrogens (primary N) is 1. The smallest absolute Gasteiger partial charge is 0.314 e. The van der Waals surface area contributed by atoms with Gasteiger partial charge in [0.15, 0.2) is 14.9 Å². The van der Waals surface area contributed by atoms with Crippen molar-refractivity contribution < 1.29 is 17.9 Å². The molecule has 1 aromatic carbocycles. The number of hydrogen-bond donors (Lipinski definition) is 1. The van der Waals surface area contributed by atoms with Gasteiger partial charge in [-0.1, -0.05) is 36.4 Å². The third kappa shape index (κ3) is 4.77. The lowest BCUT2D eigenvalue weighted by Crippen LogP contribution is -2.40. The first kappa shape index (κ1) is 20.1. The third-order valence-corrected chi connectivity index (χ3v) is 5.11. The topological polar surface area (TPSA) is 99.4 Å². The number of nitrogens with zero attached hydrogens (tertiary/aromatic N) is 1. The number of methoxy groups -OCH3 is 1. The lowest BCUT2D eigenvalue weighted by Gasteiger charge is -2.21. The number of carbonyl (C=O) groups excluding carboxylic acids is 1. The number of pyridine rings is 1. The molecule has 0 aliphatic rings. The van der Waals surface area contributed by atoms with Crippen LogP contribution in [0.2, 0.25) is 0 Å². The fraction of sp³-hybridized carbons (Fsp3) is 0.250. The third-order valence-electron chi connectivity index (χ3n) is 3.41. The molecular weight excluding hydrogens is 352 g/mol. The Balaban J connectivity index is 0.00000288. The summed E-state index contributed by atoms with van der Waals surface area (Å²) in [6, 6.07) is 12.4. The average Bonchev–Trinajstić information content (AvgIpc) is 2.56. The molecule has 2 unspecified atom stereocenters. The summed E-state index contributed by atoms with van der Waals surface area (Å²) in [5, 5.41) is -0.0628. The first-order chi connectivity index (χ1) is 11.0. The molecule has 0 radical (unpaired) electrons. The number of hydrogen-bond acceptors (Lipinski definition) is 6. The molecule has 0 amide bonds. The van der Waals surface area contributed by atoms with E-state index in [1.165, 1.54) is 19.4 Å². The number of halogens is 1. The van der Waals surface area contributed by atoms with Gasteiger partial charge in [0.25, 0.3) is 0 Å². The standard InChI is InChI=1S/C16H18N2O4S.ClH/c1-22-16(19)15(12-7-3-2-4-8-12)13(17)11-23(20,21)14-9-5-6-10-18-14;/h2-10,13,15H,11,17H2,1H3;1H. The molecular formula is C16H19ClN2O4S. The van der Waals surface area contributed by atoms with Gasteiger partial charge in [-0.3, -0.25) is 4.79 Å². The average molecular weight is 371 g/mol. The predicted molar refractivity (Wildman–Crippen MR) is 92.7 cm³/mol. The number of rotatable bonds is 6. The summed E-state index contributed by atoms with van der Waals surface area (Å²) in [6.07, 6.45) is 1.40. The molecule has 2 aromatic rings. The Kier molecular flexibility index (Phi) is 7.34. The van der Waals surface area contributed by atoms with E-state index in [9.17, 15) is 13.2 Å². The number of carbonyl (C=O) groups is 1. The highest BCUT2D eigenvalue weighted by molar-refractivity contribution is 7.91. The van der Waals surface area contributed by atoms with Crippen molar-refractivity contribution in [2.24, 2.45) is 5.73 Å². The highest BCUT2D eigenvalue weighted by Crippen LogP contribution is 2.22. The summed E-state index contributed by atoms with van der Waals surface area (Å²) in [6.45, 7) is 0. The maximum atomic E-state index is 12.4. The van der Waals surface area contributed by atoms with E-state index in [1.807, 2.05) is 0 Å². The van der Waals surface area contributed by atoms with Crippen molar-refractivity contribution >= 4 is 28.2 Å². The number of esters is 1. The van der Waals surface area contributed by atoms with Crippen molar-refractivity contribution in [3.8, 4) is 0 Å². The van der Waals surface area contributed by atoms with E-state index in [1.54, 1.807) is 42.5 Å². The van der Waals surface area contributed by atoms with Gasteiger partial charge in [0.2, 0.25) is 0 Å². The zero-order chi connectivity index (χ0) is 16.9. The number of sulfone groups is 1. The summed E-state index contributed by atoms with van der Waals surface area (Å²) in [4.78, 5) is 15.9. The summed E-state index contributed by atoms with van der Waals surface area (Å²) in [7, 11) is -2.45. The van der Waals surface area contributed by atoms with Crippen LogP contribution in [-0.2, 0) is 19.4 Å². The van der Waals surface area contributed by atoms with Crippen LogP contribution < -0.4 is 5.73 Å². The van der Waals surface area contributed by atoms with Crippen LogP contribution in [0.1, 0.15) is 11.5 Å². The van der Waals surface area contributed by atoms with E-state index in [-0.39, 0.29) is 17.4 Å². The number of ether oxygens (including phenoxy) is 1. The Bertz CT molecular complexity index is 754. The second-order valence-electron chi connectivity index (χ2n) is 5.02. The molecule has 2 atom stereocenters. The minimum absolute atomic E-state index is 0. The molecule has 0 saturated carbocycles. The van der Waals surface area contributed by atoms with Crippen LogP contribution in [0.3, 0.4) is 0 Å². The summed E-state index contributed by atoms with van der Waals surface area (Å²) in [5.74, 6) is -1.84. The fourth-order valence-electron chi connectivity index (χ4n) is 2.31. The van der Waals surface area contributed by atoms with Gasteiger partial charge in [0, 0.05) is 12.2 Å². The highest BCUT2D eigenvalue weighted by Gasteiger charge is 2.32. The highest BCUT2D eigenvalue weighted by atomic mass is 35.5. The van der Waals surface area contributed by atoms with Crippen molar-refractivity contribution in [2.75, 3.05) is 12.9 Å². The Hall–Kier alpha value is -1.96. The van der Waals surface area contributed by atoms with Crippen molar-refractivity contribution in [3.63, 3.8) is 0 Å². The summed E-state index contributed by atoms with van der Waals surface area (Å²) >= 11 is 0. The molecule has 8 heteroatoms. The molecule has 0 aliphatic carbocycles. The lowest BCUT2D eigenvalue weighted by atomic mass is 9.93. The quantitative estimate of drug-likeness (QED) is 0.774. The molecule has 6 nitrogen and oxygen atoms in total. The van der Waals surface area contributed by atoms with Crippen molar-refractivity contribution in [2.45, 2.75) is 17.0 Å². The molecule has 0 bridgehead atoms. The van der Waals surface area contributed by atoms with Gasteiger partial charge in [-0.2, -0.15) is 0 Å². The molecule has 0 spiro atoms. The minimum Gasteiger partial charge on any atom is -0.469 e. The Morgan fingerprint density at radius 1 is 1.17 bits per heavy atom. The van der Waals surface area contributed by atoms with Crippen molar-refractivity contribution in [1.29, 1.82) is 0 Å². The first-order valence-corrected chi connectivity index (χ1v) is 8.63. The molecule has 2 N–H and O–H groups in total. The second-order valence-corrected chi connectivity index (χ2v) is 7.01. The maximum Gasteiger partial charge on any atom is 0.314 e. The number of aromatic nitrogens is 1. The number of benzene rings is 1. The largest absolute Gasteiger partial charge is 0.469 e. The van der Waals surface area contributed by atoms with E-state index in [4.69, 9.17) is 10.5 Å². The zero-order valence-electron chi connectivity index (χ0n) is 13.0. The molecule has 1 aromatic heterocycles. The second kappa shape index (κ2) is 8.77. The molecule has 2 rings (SSSR count). The first-order valence-electron chi connectivity index (χ1n) is 6.98.